The zero-order valence-electron chi connectivity index (χ0n) is 16.8. The number of nitrogens with one attached hydrogen (secondary N) is 2. The van der Waals surface area contributed by atoms with Gasteiger partial charge in [-0.1, -0.05) is 11.6 Å². The summed E-state index contributed by atoms with van der Waals surface area (Å²) >= 11 is 0. The van der Waals surface area contributed by atoms with E-state index in [9.17, 15) is 4.79 Å². The number of hydrogen-bond donors (Lipinski definition) is 2. The molecule has 0 unspecified atom stereocenters. The van der Waals surface area contributed by atoms with Crippen LogP contribution in [0.4, 0.5) is 5.82 Å². The Morgan fingerprint density at radius 2 is 2.11 bits per heavy atom. The molecule has 1 aliphatic heterocycles. The second-order valence-electron chi connectivity index (χ2n) is 7.82. The van der Waals surface area contributed by atoms with Gasteiger partial charge >= 0.3 is 0 Å². The van der Waals surface area contributed by atoms with E-state index in [1.807, 2.05) is 13.8 Å². The summed E-state index contributed by atoms with van der Waals surface area (Å²) in [4.78, 5) is 23.0. The van der Waals surface area contributed by atoms with Crippen LogP contribution >= 0.6 is 0 Å². The largest absolute Gasteiger partial charge is 0.361 e. The highest BCUT2D eigenvalue weighted by Crippen LogP contribution is 2.36. The quantitative estimate of drug-likeness (QED) is 0.787. The van der Waals surface area contributed by atoms with Crippen molar-refractivity contribution in [2.24, 2.45) is 0 Å². The minimum atomic E-state index is -0.258. The van der Waals surface area contributed by atoms with Gasteiger partial charge in [0, 0.05) is 56.0 Å². The number of aryl methyl sites for hydroxylation is 1. The number of hydrogen-bond acceptors (Lipinski definition) is 7. The second kappa shape index (κ2) is 7.87. The van der Waals surface area contributed by atoms with Crippen LogP contribution in [-0.4, -0.2) is 47.2 Å². The third kappa shape index (κ3) is 3.73. The van der Waals surface area contributed by atoms with Crippen molar-refractivity contribution in [1.82, 2.24) is 25.8 Å². The first-order chi connectivity index (χ1) is 13.5. The lowest BCUT2D eigenvalue weighted by Crippen LogP contribution is -2.33. The molecule has 0 bridgehead atoms. The number of amides is 1. The molecular formula is C20H28N6O2. The van der Waals surface area contributed by atoms with Crippen LogP contribution in [0.5, 0.6) is 0 Å². The number of aromatic nitrogens is 3. The number of nitrogens with zero attached hydrogens (tertiary/aromatic N) is 4. The van der Waals surface area contributed by atoms with Crippen molar-refractivity contribution in [1.29, 1.82) is 0 Å². The molecule has 2 aromatic rings. The molecule has 2 aromatic heterocycles. The van der Waals surface area contributed by atoms with Gasteiger partial charge in [0.05, 0.1) is 5.69 Å². The summed E-state index contributed by atoms with van der Waals surface area (Å²) in [6.45, 7) is 6.38. The summed E-state index contributed by atoms with van der Waals surface area (Å²) in [7, 11) is 1.59. The van der Waals surface area contributed by atoms with Gasteiger partial charge in [-0.15, -0.1) is 0 Å². The van der Waals surface area contributed by atoms with E-state index in [2.05, 4.69) is 36.7 Å². The lowest BCUT2D eigenvalue weighted by Gasteiger charge is -2.21. The van der Waals surface area contributed by atoms with Crippen LogP contribution in [0, 0.1) is 13.8 Å². The fourth-order valence-electron chi connectivity index (χ4n) is 3.80. The molecule has 8 nitrogen and oxygen atoms in total. The summed E-state index contributed by atoms with van der Waals surface area (Å²) in [5.74, 6) is 2.42. The van der Waals surface area contributed by atoms with Crippen LogP contribution in [-0.2, 0) is 6.54 Å². The van der Waals surface area contributed by atoms with E-state index >= 15 is 0 Å². The zero-order valence-corrected chi connectivity index (χ0v) is 16.8. The van der Waals surface area contributed by atoms with Gasteiger partial charge in [0.2, 0.25) is 5.82 Å². The van der Waals surface area contributed by atoms with E-state index in [-0.39, 0.29) is 11.7 Å². The Balaban J connectivity index is 1.38. The predicted octanol–water partition coefficient (Wildman–Crippen LogP) is 2.08. The molecule has 2 aliphatic rings. The van der Waals surface area contributed by atoms with Gasteiger partial charge in [-0.25, -0.2) is 9.97 Å². The van der Waals surface area contributed by atoms with Gasteiger partial charge < -0.3 is 20.1 Å². The molecule has 150 valence electrons. The molecule has 4 rings (SSSR count). The Morgan fingerprint density at radius 3 is 2.82 bits per heavy atom. The Bertz CT molecular complexity index is 860. The Labute approximate surface area is 165 Å². The van der Waals surface area contributed by atoms with Crippen molar-refractivity contribution < 1.29 is 9.32 Å². The molecule has 0 radical (unpaired) electrons. The molecule has 1 saturated carbocycles. The maximum atomic E-state index is 12.0. The maximum absolute atomic E-state index is 12.0. The fraction of sp³-hybridized carbons (Fsp3) is 0.600. The van der Waals surface area contributed by atoms with Crippen LogP contribution in [0.2, 0.25) is 0 Å². The van der Waals surface area contributed by atoms with E-state index in [0.29, 0.717) is 18.5 Å². The fourth-order valence-corrected chi connectivity index (χ4v) is 3.80. The van der Waals surface area contributed by atoms with E-state index in [0.717, 1.165) is 48.0 Å². The Kier molecular flexibility index (Phi) is 5.30. The zero-order chi connectivity index (χ0) is 19.7. The number of carbonyl (C=O) groups excluding carboxylic acids is 1. The summed E-state index contributed by atoms with van der Waals surface area (Å²) in [5.41, 5.74) is 2.83. The van der Waals surface area contributed by atoms with Gasteiger partial charge in [0.25, 0.3) is 5.91 Å². The van der Waals surface area contributed by atoms with E-state index in [1.54, 1.807) is 7.05 Å². The third-order valence-corrected chi connectivity index (χ3v) is 5.94. The molecule has 1 amide bonds. The van der Waals surface area contributed by atoms with E-state index < -0.39 is 0 Å². The number of rotatable bonds is 6. The lowest BCUT2D eigenvalue weighted by molar-refractivity contribution is 0.0952. The molecule has 2 N–H and O–H groups in total. The highest BCUT2D eigenvalue weighted by molar-refractivity contribution is 5.90. The topological polar surface area (TPSA) is 96.2 Å². The smallest absolute Gasteiger partial charge is 0.288 e. The minimum Gasteiger partial charge on any atom is -0.361 e. The van der Waals surface area contributed by atoms with Gasteiger partial charge in [-0.05, 0) is 33.1 Å². The molecule has 1 atom stereocenters. The van der Waals surface area contributed by atoms with Crippen molar-refractivity contribution in [3.63, 3.8) is 0 Å². The molecule has 1 saturated heterocycles. The van der Waals surface area contributed by atoms with Crippen molar-refractivity contribution in [3.8, 4) is 0 Å². The van der Waals surface area contributed by atoms with Crippen LogP contribution in [0.3, 0.4) is 0 Å². The average molecular weight is 384 g/mol. The molecule has 0 spiro atoms. The van der Waals surface area contributed by atoms with Crippen LogP contribution in [0.1, 0.15) is 64.9 Å². The second-order valence-corrected chi connectivity index (χ2v) is 7.82. The van der Waals surface area contributed by atoms with Crippen molar-refractivity contribution >= 4 is 11.7 Å². The third-order valence-electron chi connectivity index (χ3n) is 5.94. The summed E-state index contributed by atoms with van der Waals surface area (Å²) < 4.78 is 5.49. The highest BCUT2D eigenvalue weighted by atomic mass is 16.5. The molecule has 0 aromatic carbocycles. The summed E-state index contributed by atoms with van der Waals surface area (Å²) in [6, 6.07) is 2.44. The van der Waals surface area contributed by atoms with Gasteiger partial charge in [0.15, 0.2) is 0 Å². The first kappa shape index (κ1) is 18.9. The lowest BCUT2D eigenvalue weighted by atomic mass is 9.83. The molecule has 8 heteroatoms. The summed E-state index contributed by atoms with van der Waals surface area (Å²) in [6.07, 6.45) is 4.75. The molecule has 3 heterocycles. The molecule has 1 aliphatic carbocycles. The van der Waals surface area contributed by atoms with Crippen molar-refractivity contribution in [2.75, 3.05) is 25.0 Å². The first-order valence-electron chi connectivity index (χ1n) is 10.1. The van der Waals surface area contributed by atoms with Crippen molar-refractivity contribution in [2.45, 2.75) is 58.0 Å². The predicted molar refractivity (Wildman–Crippen MR) is 105 cm³/mol. The standard InChI is InChI=1S/C20H28N6O2/c1-12-13(2)23-18(20(27)21-3)24-19(12)26-8-7-15(11-26)22-10-16-9-17(28-25-16)14-5-4-6-14/h9,14-15,22H,4-8,10-11H2,1-3H3,(H,21,27)/t15-/m1/s1. The average Bonchev–Trinajstić information content (AvgIpc) is 3.29. The minimum absolute atomic E-state index is 0.225. The monoisotopic (exact) mass is 384 g/mol. The Hall–Kier alpha value is -2.48. The first-order valence-corrected chi connectivity index (χ1v) is 10.1. The SMILES string of the molecule is CNC(=O)c1nc(C)c(C)c(N2CC[C@@H](NCc3cc(C4CCC4)on3)C2)n1. The highest BCUT2D eigenvalue weighted by Gasteiger charge is 2.27. The van der Waals surface area contributed by atoms with Gasteiger partial charge in [0.1, 0.15) is 11.6 Å². The summed E-state index contributed by atoms with van der Waals surface area (Å²) in [5, 5.41) is 10.4. The van der Waals surface area contributed by atoms with Gasteiger partial charge in [-0.3, -0.25) is 4.79 Å². The van der Waals surface area contributed by atoms with Crippen molar-refractivity contribution in [3.05, 3.63) is 34.6 Å². The number of carbonyl (C=O) groups is 1. The van der Waals surface area contributed by atoms with Crippen LogP contribution in [0.15, 0.2) is 10.6 Å². The van der Waals surface area contributed by atoms with E-state index in [4.69, 9.17) is 4.52 Å². The maximum Gasteiger partial charge on any atom is 0.288 e. The Morgan fingerprint density at radius 1 is 1.29 bits per heavy atom. The molecule has 28 heavy (non-hydrogen) atoms. The molecular weight excluding hydrogens is 356 g/mol. The van der Waals surface area contributed by atoms with Gasteiger partial charge in [-0.2, -0.15) is 0 Å². The van der Waals surface area contributed by atoms with Crippen LogP contribution < -0.4 is 15.5 Å². The number of anilines is 1. The van der Waals surface area contributed by atoms with Crippen LogP contribution in [0.25, 0.3) is 0 Å². The molecule has 2 fully saturated rings. The normalized spacial score (nSPS) is 19.7. The van der Waals surface area contributed by atoms with E-state index in [1.165, 1.54) is 19.3 Å².